The van der Waals surface area contributed by atoms with E-state index in [4.69, 9.17) is 9.47 Å². The maximum Gasteiger partial charge on any atom is 0.342 e. The molecule has 6 nitrogen and oxygen atoms in total. The average molecular weight is 330 g/mol. The molecule has 2 aromatic carbocycles. The number of esters is 2. The van der Waals surface area contributed by atoms with Gasteiger partial charge in [0.05, 0.1) is 26.4 Å². The van der Waals surface area contributed by atoms with Crippen molar-refractivity contribution in [2.45, 2.75) is 6.92 Å². The minimum absolute atomic E-state index is 0.0934. The summed E-state index contributed by atoms with van der Waals surface area (Å²) in [6, 6.07) is 10.5. The lowest BCUT2D eigenvalue weighted by atomic mass is 9.96. The second-order valence-corrected chi connectivity index (χ2v) is 4.81. The molecule has 0 aromatic heterocycles. The Hall–Kier alpha value is -3.02. The number of methoxy groups -OCH3 is 2. The first-order chi connectivity index (χ1) is 11.5. The van der Waals surface area contributed by atoms with Crippen LogP contribution in [0, 0.1) is 0 Å². The molecule has 0 radical (unpaired) electrons. The zero-order valence-corrected chi connectivity index (χ0v) is 13.7. The van der Waals surface area contributed by atoms with Crippen LogP contribution in [0.2, 0.25) is 0 Å². The van der Waals surface area contributed by atoms with Crippen LogP contribution in [-0.4, -0.2) is 37.9 Å². The zero-order chi connectivity index (χ0) is 17.7. The van der Waals surface area contributed by atoms with Crippen molar-refractivity contribution in [1.82, 2.24) is 0 Å². The summed E-state index contributed by atoms with van der Waals surface area (Å²) in [5.74, 6) is -1.96. The van der Waals surface area contributed by atoms with Crippen LogP contribution in [0.25, 0.3) is 11.1 Å². The van der Waals surface area contributed by atoms with Crippen molar-refractivity contribution in [1.29, 1.82) is 0 Å². The molecule has 0 atom stereocenters. The van der Waals surface area contributed by atoms with Crippen molar-refractivity contribution in [3.63, 3.8) is 0 Å². The van der Waals surface area contributed by atoms with E-state index >= 15 is 0 Å². The Labute approximate surface area is 139 Å². The molecule has 1 N–H and O–H groups in total. The van der Waals surface area contributed by atoms with E-state index in [-0.39, 0.29) is 23.5 Å². The van der Waals surface area contributed by atoms with Gasteiger partial charge in [0.2, 0.25) is 0 Å². The summed E-state index contributed by atoms with van der Waals surface area (Å²) in [5.41, 5.74) is 0.817. The standard InChI is InChI=1S/C18H18O6/c1-4-24-16-12(11-8-6-5-7-9-11)10-13(17(20)22-2)14(15(16)19)18(21)23-3/h5-10,19H,4H2,1-3H3. The molecule has 6 heteroatoms. The SMILES string of the molecule is CCOc1c(-c2ccccc2)cc(C(=O)OC)c(C(=O)OC)c1O. The van der Waals surface area contributed by atoms with Gasteiger partial charge < -0.3 is 19.3 Å². The molecule has 126 valence electrons. The fraction of sp³-hybridized carbons (Fsp3) is 0.222. The molecule has 0 unspecified atom stereocenters. The number of carbonyl (C=O) groups excluding carboxylic acids is 2. The van der Waals surface area contributed by atoms with E-state index in [0.717, 1.165) is 12.7 Å². The number of benzene rings is 2. The molecule has 2 rings (SSSR count). The van der Waals surface area contributed by atoms with E-state index in [1.54, 1.807) is 19.1 Å². The van der Waals surface area contributed by atoms with Crippen molar-refractivity contribution < 1.29 is 28.9 Å². The Bertz CT molecular complexity index is 752. The fourth-order valence-corrected chi connectivity index (χ4v) is 2.35. The molecule has 0 fully saturated rings. The number of rotatable bonds is 5. The van der Waals surface area contributed by atoms with Crippen LogP contribution in [0.15, 0.2) is 36.4 Å². The first-order valence-corrected chi connectivity index (χ1v) is 7.29. The quantitative estimate of drug-likeness (QED) is 0.849. The molecule has 0 heterocycles. The molecule has 2 aromatic rings. The summed E-state index contributed by atoms with van der Waals surface area (Å²) in [7, 11) is 2.35. The Balaban J connectivity index is 2.82. The number of hydrogen-bond donors (Lipinski definition) is 1. The van der Waals surface area contributed by atoms with E-state index in [0.29, 0.717) is 5.56 Å². The summed E-state index contributed by atoms with van der Waals surface area (Å²) in [4.78, 5) is 24.1. The van der Waals surface area contributed by atoms with Crippen molar-refractivity contribution in [3.8, 4) is 22.6 Å². The fourth-order valence-electron chi connectivity index (χ4n) is 2.35. The van der Waals surface area contributed by atoms with Crippen LogP contribution in [-0.2, 0) is 9.47 Å². The largest absolute Gasteiger partial charge is 0.504 e. The lowest BCUT2D eigenvalue weighted by Crippen LogP contribution is -2.13. The number of carbonyl (C=O) groups is 2. The van der Waals surface area contributed by atoms with Crippen LogP contribution in [0.5, 0.6) is 11.5 Å². The van der Waals surface area contributed by atoms with Crippen LogP contribution < -0.4 is 4.74 Å². The van der Waals surface area contributed by atoms with Gasteiger partial charge in [0.25, 0.3) is 0 Å². The van der Waals surface area contributed by atoms with Gasteiger partial charge in [0, 0.05) is 5.56 Å². The Kier molecular flexibility index (Phi) is 5.42. The number of aromatic hydroxyl groups is 1. The maximum absolute atomic E-state index is 12.1. The third-order valence-corrected chi connectivity index (χ3v) is 3.42. The van der Waals surface area contributed by atoms with Gasteiger partial charge in [0.15, 0.2) is 11.5 Å². The predicted molar refractivity (Wildman–Crippen MR) is 87.4 cm³/mol. The maximum atomic E-state index is 12.1. The number of hydrogen-bond acceptors (Lipinski definition) is 6. The molecule has 0 aliphatic carbocycles. The molecule has 0 bridgehead atoms. The molecule has 0 spiro atoms. The van der Waals surface area contributed by atoms with Gasteiger partial charge >= 0.3 is 11.9 Å². The minimum atomic E-state index is -0.853. The second-order valence-electron chi connectivity index (χ2n) is 4.81. The molecular weight excluding hydrogens is 312 g/mol. The highest BCUT2D eigenvalue weighted by atomic mass is 16.5. The van der Waals surface area contributed by atoms with E-state index in [2.05, 4.69) is 4.74 Å². The molecule has 0 saturated heterocycles. The molecule has 0 aliphatic heterocycles. The Morgan fingerprint density at radius 1 is 1.04 bits per heavy atom. The molecular formula is C18H18O6. The summed E-state index contributed by atoms with van der Waals surface area (Å²) in [5, 5.41) is 10.6. The molecule has 0 aliphatic rings. The van der Waals surface area contributed by atoms with Gasteiger partial charge in [-0.15, -0.1) is 0 Å². The van der Waals surface area contributed by atoms with Gasteiger partial charge in [-0.05, 0) is 18.6 Å². The van der Waals surface area contributed by atoms with Crippen molar-refractivity contribution in [3.05, 3.63) is 47.5 Å². The first-order valence-electron chi connectivity index (χ1n) is 7.29. The summed E-state index contributed by atoms with van der Waals surface area (Å²) < 4.78 is 14.9. The highest BCUT2D eigenvalue weighted by molar-refractivity contribution is 6.07. The monoisotopic (exact) mass is 330 g/mol. The predicted octanol–water partition coefficient (Wildman–Crippen LogP) is 3.03. The van der Waals surface area contributed by atoms with Gasteiger partial charge in [-0.1, -0.05) is 30.3 Å². The van der Waals surface area contributed by atoms with E-state index in [1.165, 1.54) is 13.2 Å². The number of phenolic OH excluding ortho intramolecular Hbond substituents is 1. The highest BCUT2D eigenvalue weighted by Gasteiger charge is 2.28. The Morgan fingerprint density at radius 2 is 1.67 bits per heavy atom. The zero-order valence-electron chi connectivity index (χ0n) is 13.7. The van der Waals surface area contributed by atoms with E-state index < -0.39 is 17.7 Å². The third kappa shape index (κ3) is 3.17. The smallest absolute Gasteiger partial charge is 0.342 e. The van der Waals surface area contributed by atoms with E-state index in [9.17, 15) is 14.7 Å². The summed E-state index contributed by atoms with van der Waals surface area (Å²) in [6.07, 6.45) is 0. The first kappa shape index (κ1) is 17.3. The van der Waals surface area contributed by atoms with Crippen molar-refractivity contribution in [2.24, 2.45) is 0 Å². The topological polar surface area (TPSA) is 82.1 Å². The van der Waals surface area contributed by atoms with Gasteiger partial charge in [0.1, 0.15) is 5.56 Å². The summed E-state index contributed by atoms with van der Waals surface area (Å²) >= 11 is 0. The number of phenols is 1. The highest BCUT2D eigenvalue weighted by Crippen LogP contribution is 2.42. The lowest BCUT2D eigenvalue weighted by Gasteiger charge is -2.17. The second kappa shape index (κ2) is 7.50. The third-order valence-electron chi connectivity index (χ3n) is 3.42. The van der Waals surface area contributed by atoms with Gasteiger partial charge in [-0.2, -0.15) is 0 Å². The van der Waals surface area contributed by atoms with Crippen LogP contribution in [0.1, 0.15) is 27.6 Å². The van der Waals surface area contributed by atoms with Crippen LogP contribution in [0.4, 0.5) is 0 Å². The van der Waals surface area contributed by atoms with Crippen LogP contribution in [0.3, 0.4) is 0 Å². The van der Waals surface area contributed by atoms with E-state index in [1.807, 2.05) is 18.2 Å². The average Bonchev–Trinajstić information content (AvgIpc) is 2.62. The van der Waals surface area contributed by atoms with Gasteiger partial charge in [-0.25, -0.2) is 9.59 Å². The van der Waals surface area contributed by atoms with Crippen LogP contribution >= 0.6 is 0 Å². The number of ether oxygens (including phenoxy) is 3. The Morgan fingerprint density at radius 3 is 2.21 bits per heavy atom. The molecule has 24 heavy (non-hydrogen) atoms. The lowest BCUT2D eigenvalue weighted by molar-refractivity contribution is 0.0551. The van der Waals surface area contributed by atoms with Crippen molar-refractivity contribution >= 4 is 11.9 Å². The molecule has 0 saturated carbocycles. The summed E-state index contributed by atoms with van der Waals surface area (Å²) in [6.45, 7) is 2.02. The minimum Gasteiger partial charge on any atom is -0.504 e. The normalized spacial score (nSPS) is 10.1. The van der Waals surface area contributed by atoms with Gasteiger partial charge in [-0.3, -0.25) is 0 Å². The van der Waals surface area contributed by atoms with Crippen molar-refractivity contribution in [2.75, 3.05) is 20.8 Å². The molecule has 0 amide bonds.